The first-order valence-electron chi connectivity index (χ1n) is 23.5. The molecule has 3 heterocycles. The van der Waals surface area contributed by atoms with Crippen molar-refractivity contribution >= 4 is 41.0 Å². The molecule has 17 nitrogen and oxygen atoms in total. The lowest BCUT2D eigenvalue weighted by atomic mass is 9.85. The Morgan fingerprint density at radius 1 is 0.887 bits per heavy atom. The minimum absolute atomic E-state index is 0.0443. The molecule has 0 radical (unpaired) electrons. The Morgan fingerprint density at radius 2 is 1.54 bits per heavy atom. The van der Waals surface area contributed by atoms with Gasteiger partial charge in [0.25, 0.3) is 5.91 Å². The molecular weight excluding hydrogens is 926 g/mol. The van der Waals surface area contributed by atoms with Gasteiger partial charge in [-0.3, -0.25) is 24.1 Å². The second-order valence-electron chi connectivity index (χ2n) is 19.1. The Kier molecular flexibility index (Phi) is 17.3. The van der Waals surface area contributed by atoms with Crippen LogP contribution in [0.1, 0.15) is 96.4 Å². The topological polar surface area (TPSA) is 209 Å². The summed E-state index contributed by atoms with van der Waals surface area (Å²) in [6.07, 6.45) is 2.34. The molecule has 4 aromatic rings. The van der Waals surface area contributed by atoms with E-state index in [9.17, 15) is 42.3 Å². The van der Waals surface area contributed by atoms with Gasteiger partial charge in [-0.05, 0) is 112 Å². The number of aliphatic hydroxyl groups is 1. The Balaban J connectivity index is 0.856. The van der Waals surface area contributed by atoms with Crippen LogP contribution in [0.3, 0.4) is 0 Å². The molecule has 0 bridgehead atoms. The number of nitrogens with one attached hydrogen (secondary N) is 2. The van der Waals surface area contributed by atoms with E-state index in [1.807, 2.05) is 62.7 Å². The molecule has 2 aliphatic rings. The van der Waals surface area contributed by atoms with Crippen LogP contribution in [0.4, 0.5) is 29.3 Å². The summed E-state index contributed by atoms with van der Waals surface area (Å²) in [5, 5.41) is 25.5. The van der Waals surface area contributed by atoms with Crippen LogP contribution >= 0.6 is 0 Å². The van der Waals surface area contributed by atoms with Gasteiger partial charge >= 0.3 is 12.2 Å². The molecule has 0 aliphatic carbocycles. The van der Waals surface area contributed by atoms with Crippen molar-refractivity contribution in [3.63, 3.8) is 0 Å². The van der Waals surface area contributed by atoms with Crippen molar-refractivity contribution < 1.29 is 56.5 Å². The third kappa shape index (κ3) is 13.1. The van der Waals surface area contributed by atoms with E-state index in [1.54, 1.807) is 36.8 Å². The maximum Gasteiger partial charge on any atom is 0.417 e. The highest BCUT2D eigenvalue weighted by atomic mass is 19.4. The third-order valence-corrected chi connectivity index (χ3v) is 12.3. The van der Waals surface area contributed by atoms with E-state index in [0.29, 0.717) is 48.6 Å². The number of ether oxygens (including phenoxy) is 3. The van der Waals surface area contributed by atoms with E-state index in [4.69, 9.17) is 19.5 Å². The largest absolute Gasteiger partial charge is 0.494 e. The fraction of sp³-hybridized carbons (Fsp3) is 0.471. The van der Waals surface area contributed by atoms with Crippen molar-refractivity contribution in [1.29, 1.82) is 5.26 Å². The number of likely N-dealkylation sites (tertiary alicyclic amines) is 1. The number of nitriles is 1. The number of anilines is 2. The first kappa shape index (κ1) is 53.5. The number of aromatic nitrogens is 2. The van der Waals surface area contributed by atoms with Crippen LogP contribution in [0.2, 0.25) is 0 Å². The van der Waals surface area contributed by atoms with Gasteiger partial charge in [0.05, 0.1) is 48.0 Å². The summed E-state index contributed by atoms with van der Waals surface area (Å²) in [6, 6.07) is 15.2. The number of aliphatic hydroxyl groups excluding tert-OH is 1. The number of benzene rings is 3. The molecule has 0 saturated carbocycles. The number of imidazole rings is 1. The number of carbonyl (C=O) groups is 5. The minimum atomic E-state index is -4.87. The van der Waals surface area contributed by atoms with Gasteiger partial charge in [0.15, 0.2) is 0 Å². The Bertz CT molecular complexity index is 2540. The Labute approximate surface area is 410 Å². The summed E-state index contributed by atoms with van der Waals surface area (Å²) in [7, 11) is 0. The predicted octanol–water partition coefficient (Wildman–Crippen LogP) is 6.86. The third-order valence-electron chi connectivity index (χ3n) is 12.3. The molecule has 2 unspecified atom stereocenters. The molecule has 0 spiro atoms. The van der Waals surface area contributed by atoms with Gasteiger partial charge in [0.2, 0.25) is 17.7 Å². The number of unbranched alkanes of at least 4 members (excludes halogenated alkanes) is 2. The van der Waals surface area contributed by atoms with Crippen LogP contribution in [0.5, 0.6) is 5.75 Å². The minimum Gasteiger partial charge on any atom is -0.494 e. The molecule has 20 heteroatoms. The number of alkyl halides is 3. The van der Waals surface area contributed by atoms with Gasteiger partial charge in [-0.2, -0.15) is 18.4 Å². The van der Waals surface area contributed by atoms with Crippen molar-refractivity contribution in [3.8, 4) is 17.5 Å². The van der Waals surface area contributed by atoms with Crippen LogP contribution in [0.15, 0.2) is 85.5 Å². The summed E-state index contributed by atoms with van der Waals surface area (Å²) in [5.74, 6) is -1.57. The van der Waals surface area contributed by atoms with Crippen molar-refractivity contribution in [2.75, 3.05) is 49.4 Å². The van der Waals surface area contributed by atoms with Gasteiger partial charge in [0, 0.05) is 56.6 Å². The van der Waals surface area contributed by atoms with Crippen molar-refractivity contribution in [2.24, 2.45) is 5.41 Å². The highest BCUT2D eigenvalue weighted by Gasteiger charge is 2.53. The Morgan fingerprint density at radius 3 is 2.18 bits per heavy atom. The number of amides is 6. The fourth-order valence-corrected chi connectivity index (χ4v) is 8.42. The van der Waals surface area contributed by atoms with Gasteiger partial charge in [0.1, 0.15) is 30.0 Å². The van der Waals surface area contributed by atoms with Gasteiger partial charge < -0.3 is 39.4 Å². The molecular formula is C51H61F3N8O9. The van der Waals surface area contributed by atoms with E-state index in [0.717, 1.165) is 42.6 Å². The first-order valence-corrected chi connectivity index (χ1v) is 23.5. The second-order valence-corrected chi connectivity index (χ2v) is 19.1. The number of imide groups is 1. The number of carbonyl (C=O) groups excluding carboxylic acids is 5. The summed E-state index contributed by atoms with van der Waals surface area (Å²) < 4.78 is 60.0. The molecule has 6 amide bonds. The monoisotopic (exact) mass is 986 g/mol. The quantitative estimate of drug-likeness (QED) is 0.0581. The molecule has 6 rings (SSSR count). The first-order chi connectivity index (χ1) is 33.6. The van der Waals surface area contributed by atoms with Crippen LogP contribution in [-0.4, -0.2) is 113 Å². The van der Waals surface area contributed by atoms with Crippen LogP contribution in [0, 0.1) is 16.7 Å². The van der Waals surface area contributed by atoms with E-state index < -0.39 is 76.1 Å². The summed E-state index contributed by atoms with van der Waals surface area (Å²) in [4.78, 5) is 74.8. The summed E-state index contributed by atoms with van der Waals surface area (Å²) in [6.45, 7) is 11.5. The highest BCUT2D eigenvalue weighted by molar-refractivity contribution is 6.30. The standard InChI is InChI=1S/C51H61F3N8O9/c1-33(34-11-14-36(15-12-34)59-22-21-56-32-59)57-45(65)42-28-39(63)30-60(42)46(66)44(49(2,3)4)58-43(64)31-70-25-10-24-69-23-8-7-9-26-71-40-19-17-37(18-20-40)62-48(68)61(47(67)50(62,5)6)38-16-13-35(29-55)41(27-38)51(52,53)54/h11-22,27,32-33,39,42,44,63H,7-10,23-26,28,30-31H2,1-6H3,(H,57,65)(H,58,64)/t33-,39+,42?,44?/m0/s1. The van der Waals surface area contributed by atoms with Gasteiger partial charge in [-0.15, -0.1) is 0 Å². The molecule has 380 valence electrons. The number of hydrogen-bond acceptors (Lipinski definition) is 11. The SMILES string of the molecule is C[C@H](NC(=O)C1C[C@@H](O)CN1C(=O)C(NC(=O)COCCCOCCCCCOc1ccc(N2C(=O)N(c3ccc(C#N)c(C(F)(F)F)c3)C(=O)C2(C)C)cc1)C(C)(C)C)c1ccc(-n2ccnc2)cc1. The fourth-order valence-electron chi connectivity index (χ4n) is 8.42. The maximum absolute atomic E-state index is 14.0. The molecule has 71 heavy (non-hydrogen) atoms. The lowest BCUT2D eigenvalue weighted by Crippen LogP contribution is -2.58. The highest BCUT2D eigenvalue weighted by Crippen LogP contribution is 2.40. The molecule has 2 saturated heterocycles. The smallest absolute Gasteiger partial charge is 0.417 e. The van der Waals surface area contributed by atoms with Crippen molar-refractivity contribution in [3.05, 3.63) is 102 Å². The summed E-state index contributed by atoms with van der Waals surface area (Å²) >= 11 is 0. The number of nitrogens with zero attached hydrogens (tertiary/aromatic N) is 6. The molecule has 3 N–H and O–H groups in total. The zero-order valence-electron chi connectivity index (χ0n) is 40.7. The van der Waals surface area contributed by atoms with Crippen molar-refractivity contribution in [2.45, 2.75) is 110 Å². The maximum atomic E-state index is 14.0. The number of β-amino-alcohol motifs (C(OH)–C–C–N with tert-alkyl or cyclic N) is 1. The van der Waals surface area contributed by atoms with E-state index in [1.165, 1.54) is 29.7 Å². The zero-order valence-corrected chi connectivity index (χ0v) is 40.7. The lowest BCUT2D eigenvalue weighted by Gasteiger charge is -2.35. The average Bonchev–Trinajstić information content (AvgIpc) is 4.05. The Hall–Kier alpha value is -6.82. The normalized spacial score (nSPS) is 17.8. The number of urea groups is 1. The van der Waals surface area contributed by atoms with E-state index in [-0.39, 0.29) is 37.9 Å². The van der Waals surface area contributed by atoms with E-state index >= 15 is 0 Å². The molecule has 3 aromatic carbocycles. The predicted molar refractivity (Wildman–Crippen MR) is 255 cm³/mol. The average molecular weight is 987 g/mol. The number of rotatable bonds is 21. The van der Waals surface area contributed by atoms with Crippen LogP contribution in [0.25, 0.3) is 5.69 Å². The lowest BCUT2D eigenvalue weighted by molar-refractivity contribution is -0.144. The van der Waals surface area contributed by atoms with Crippen LogP contribution in [-0.2, 0) is 34.8 Å². The number of hydrogen-bond donors (Lipinski definition) is 3. The second kappa shape index (κ2) is 22.9. The van der Waals surface area contributed by atoms with Crippen molar-refractivity contribution in [1.82, 2.24) is 25.1 Å². The zero-order chi connectivity index (χ0) is 51.7. The number of halogens is 3. The molecule has 2 fully saturated rings. The van der Waals surface area contributed by atoms with E-state index in [2.05, 4.69) is 15.6 Å². The molecule has 2 aliphatic heterocycles. The van der Waals surface area contributed by atoms with Gasteiger partial charge in [-0.1, -0.05) is 32.9 Å². The van der Waals surface area contributed by atoms with Gasteiger partial charge in [-0.25, -0.2) is 14.7 Å². The summed E-state index contributed by atoms with van der Waals surface area (Å²) in [5.41, 5.74) is -2.20. The van der Waals surface area contributed by atoms with Crippen LogP contribution < -0.4 is 25.2 Å². The molecule has 4 atom stereocenters. The molecule has 1 aromatic heterocycles.